The van der Waals surface area contributed by atoms with Gasteiger partial charge in [0.2, 0.25) is 5.91 Å². The van der Waals surface area contributed by atoms with E-state index in [-0.39, 0.29) is 18.1 Å². The molecule has 0 bridgehead atoms. The molecule has 1 fully saturated rings. The molecule has 1 atom stereocenters. The van der Waals surface area contributed by atoms with Crippen molar-refractivity contribution in [2.24, 2.45) is 0 Å². The summed E-state index contributed by atoms with van der Waals surface area (Å²) in [5.41, 5.74) is 0.752. The monoisotopic (exact) mass is 279 g/mol. The molecule has 1 amide bonds. The summed E-state index contributed by atoms with van der Waals surface area (Å²) in [4.78, 5) is 24.7. The number of nitrogens with zero attached hydrogens (tertiary/aromatic N) is 1. The second-order valence-corrected chi connectivity index (χ2v) is 5.07. The van der Waals surface area contributed by atoms with Gasteiger partial charge in [-0.05, 0) is 43.4 Å². The fraction of sp³-hybridized carbons (Fsp3) is 0.467. The lowest BCUT2D eigenvalue weighted by molar-refractivity contribution is -0.152. The summed E-state index contributed by atoms with van der Waals surface area (Å²) in [5, 5.41) is 9.14. The maximum absolute atomic E-state index is 13.0. The quantitative estimate of drug-likeness (QED) is 0.919. The Kier molecular flexibility index (Phi) is 4.71. The van der Waals surface area contributed by atoms with E-state index in [0.717, 1.165) is 18.4 Å². The Labute approximate surface area is 117 Å². The zero-order valence-electron chi connectivity index (χ0n) is 11.2. The summed E-state index contributed by atoms with van der Waals surface area (Å²) in [6, 6.07) is 5.43. The molecule has 0 aliphatic carbocycles. The largest absolute Gasteiger partial charge is 0.480 e. The SMILES string of the molecule is O=C(O)C1CCCCN1C(=O)CCc1cccc(F)c1. The molecule has 1 aromatic carbocycles. The first kappa shape index (κ1) is 14.5. The molecule has 1 aromatic rings. The van der Waals surface area contributed by atoms with Gasteiger partial charge in [-0.25, -0.2) is 9.18 Å². The van der Waals surface area contributed by atoms with E-state index in [9.17, 15) is 14.0 Å². The van der Waals surface area contributed by atoms with Gasteiger partial charge in [-0.15, -0.1) is 0 Å². The third kappa shape index (κ3) is 3.56. The van der Waals surface area contributed by atoms with Gasteiger partial charge in [-0.2, -0.15) is 0 Å². The van der Waals surface area contributed by atoms with Crippen LogP contribution in [0.15, 0.2) is 24.3 Å². The fourth-order valence-corrected chi connectivity index (χ4v) is 2.57. The molecule has 0 spiro atoms. The highest BCUT2D eigenvalue weighted by atomic mass is 19.1. The van der Waals surface area contributed by atoms with E-state index in [1.165, 1.54) is 17.0 Å². The zero-order chi connectivity index (χ0) is 14.5. The van der Waals surface area contributed by atoms with Crippen LogP contribution < -0.4 is 0 Å². The molecular formula is C15H18FNO3. The molecule has 0 saturated carbocycles. The minimum atomic E-state index is -0.941. The van der Waals surface area contributed by atoms with Gasteiger partial charge >= 0.3 is 5.97 Å². The van der Waals surface area contributed by atoms with Gasteiger partial charge in [-0.3, -0.25) is 4.79 Å². The minimum Gasteiger partial charge on any atom is -0.480 e. The van der Waals surface area contributed by atoms with Gasteiger partial charge in [0.05, 0.1) is 0 Å². The summed E-state index contributed by atoms with van der Waals surface area (Å²) in [6.07, 6.45) is 2.84. The van der Waals surface area contributed by atoms with Gasteiger partial charge in [0.15, 0.2) is 0 Å². The normalized spacial score (nSPS) is 18.9. The number of rotatable bonds is 4. The van der Waals surface area contributed by atoms with E-state index in [4.69, 9.17) is 5.11 Å². The number of benzene rings is 1. The molecule has 1 aliphatic rings. The van der Waals surface area contributed by atoms with Crippen LogP contribution in [0.5, 0.6) is 0 Å². The van der Waals surface area contributed by atoms with Crippen molar-refractivity contribution < 1.29 is 19.1 Å². The molecule has 1 aliphatic heterocycles. The molecule has 1 heterocycles. The molecule has 0 radical (unpaired) electrons. The number of carbonyl (C=O) groups is 2. The fourth-order valence-electron chi connectivity index (χ4n) is 2.57. The van der Waals surface area contributed by atoms with Crippen LogP contribution in [0.4, 0.5) is 4.39 Å². The van der Waals surface area contributed by atoms with Gasteiger partial charge in [0.1, 0.15) is 11.9 Å². The zero-order valence-corrected chi connectivity index (χ0v) is 11.2. The Hall–Kier alpha value is -1.91. The maximum Gasteiger partial charge on any atom is 0.326 e. The summed E-state index contributed by atoms with van der Waals surface area (Å²) in [7, 11) is 0. The second kappa shape index (κ2) is 6.50. The average molecular weight is 279 g/mol. The van der Waals surface area contributed by atoms with Crippen LogP contribution in [-0.2, 0) is 16.0 Å². The molecule has 20 heavy (non-hydrogen) atoms. The second-order valence-electron chi connectivity index (χ2n) is 5.07. The first-order valence-electron chi connectivity index (χ1n) is 6.84. The number of hydrogen-bond donors (Lipinski definition) is 1. The molecule has 0 aromatic heterocycles. The number of carboxylic acids is 1. The third-order valence-electron chi connectivity index (χ3n) is 3.62. The lowest BCUT2D eigenvalue weighted by Gasteiger charge is -2.33. The Morgan fingerprint density at radius 3 is 2.85 bits per heavy atom. The number of likely N-dealkylation sites (tertiary alicyclic amines) is 1. The van der Waals surface area contributed by atoms with E-state index in [0.29, 0.717) is 19.4 Å². The van der Waals surface area contributed by atoms with E-state index in [1.54, 1.807) is 12.1 Å². The van der Waals surface area contributed by atoms with Crippen molar-refractivity contribution in [1.29, 1.82) is 0 Å². The van der Waals surface area contributed by atoms with Crippen molar-refractivity contribution >= 4 is 11.9 Å². The highest BCUT2D eigenvalue weighted by Crippen LogP contribution is 2.19. The lowest BCUT2D eigenvalue weighted by atomic mass is 10.0. The van der Waals surface area contributed by atoms with Crippen molar-refractivity contribution in [1.82, 2.24) is 4.90 Å². The topological polar surface area (TPSA) is 57.6 Å². The molecule has 2 rings (SSSR count). The molecule has 108 valence electrons. The van der Waals surface area contributed by atoms with Crippen molar-refractivity contribution in [2.75, 3.05) is 6.54 Å². The van der Waals surface area contributed by atoms with Gasteiger partial charge in [0.25, 0.3) is 0 Å². The van der Waals surface area contributed by atoms with E-state index in [2.05, 4.69) is 0 Å². The van der Waals surface area contributed by atoms with Crippen molar-refractivity contribution in [3.8, 4) is 0 Å². The predicted molar refractivity (Wildman–Crippen MR) is 71.7 cm³/mol. The van der Waals surface area contributed by atoms with Gasteiger partial charge < -0.3 is 10.0 Å². The van der Waals surface area contributed by atoms with Crippen LogP contribution in [0.2, 0.25) is 0 Å². The molecule has 1 saturated heterocycles. The number of halogens is 1. The van der Waals surface area contributed by atoms with Gasteiger partial charge in [0, 0.05) is 13.0 Å². The van der Waals surface area contributed by atoms with Crippen LogP contribution in [0.25, 0.3) is 0 Å². The summed E-state index contributed by atoms with van der Waals surface area (Å²) < 4.78 is 13.0. The van der Waals surface area contributed by atoms with Crippen molar-refractivity contribution in [2.45, 2.75) is 38.1 Å². The standard InChI is InChI=1S/C15H18FNO3/c16-12-5-3-4-11(10-12)7-8-14(18)17-9-2-1-6-13(17)15(19)20/h3-5,10,13H,1-2,6-9H2,(H,19,20). The van der Waals surface area contributed by atoms with E-state index < -0.39 is 12.0 Å². The molecular weight excluding hydrogens is 261 g/mol. The third-order valence-corrected chi connectivity index (χ3v) is 3.62. The number of piperidine rings is 1. The highest BCUT2D eigenvalue weighted by molar-refractivity contribution is 5.84. The molecule has 1 unspecified atom stereocenters. The van der Waals surface area contributed by atoms with Crippen molar-refractivity contribution in [3.63, 3.8) is 0 Å². The van der Waals surface area contributed by atoms with Crippen molar-refractivity contribution in [3.05, 3.63) is 35.6 Å². The Bertz CT molecular complexity index is 504. The van der Waals surface area contributed by atoms with Crippen LogP contribution in [-0.4, -0.2) is 34.5 Å². The van der Waals surface area contributed by atoms with Crippen LogP contribution >= 0.6 is 0 Å². The smallest absolute Gasteiger partial charge is 0.326 e. The minimum absolute atomic E-state index is 0.165. The van der Waals surface area contributed by atoms with Gasteiger partial charge in [-0.1, -0.05) is 12.1 Å². The van der Waals surface area contributed by atoms with E-state index >= 15 is 0 Å². The van der Waals surface area contributed by atoms with Crippen LogP contribution in [0, 0.1) is 5.82 Å². The number of hydrogen-bond acceptors (Lipinski definition) is 2. The number of aliphatic carboxylic acids is 1. The average Bonchev–Trinajstić information content (AvgIpc) is 2.45. The molecule has 5 heteroatoms. The summed E-state index contributed by atoms with van der Waals surface area (Å²) in [5.74, 6) is -1.43. The van der Waals surface area contributed by atoms with E-state index in [1.807, 2.05) is 0 Å². The number of carbonyl (C=O) groups excluding carboxylic acids is 1. The van der Waals surface area contributed by atoms with Crippen LogP contribution in [0.3, 0.4) is 0 Å². The predicted octanol–water partition coefficient (Wildman–Crippen LogP) is 2.22. The molecule has 4 nitrogen and oxygen atoms in total. The Morgan fingerprint density at radius 1 is 1.35 bits per heavy atom. The first-order chi connectivity index (χ1) is 9.58. The number of aryl methyl sites for hydroxylation is 1. The lowest BCUT2D eigenvalue weighted by Crippen LogP contribution is -2.48. The first-order valence-corrected chi connectivity index (χ1v) is 6.84. The summed E-state index contributed by atoms with van der Waals surface area (Å²) >= 11 is 0. The highest BCUT2D eigenvalue weighted by Gasteiger charge is 2.31. The summed E-state index contributed by atoms with van der Waals surface area (Å²) in [6.45, 7) is 0.499. The molecule has 1 N–H and O–H groups in total. The number of amides is 1. The number of carboxylic acid groups (broad SMARTS) is 1. The van der Waals surface area contributed by atoms with Crippen LogP contribution in [0.1, 0.15) is 31.2 Å². The maximum atomic E-state index is 13.0. The Balaban J connectivity index is 1.95. The Morgan fingerprint density at radius 2 is 2.15 bits per heavy atom.